The van der Waals surface area contributed by atoms with E-state index in [1.54, 1.807) is 24.3 Å². The minimum absolute atomic E-state index is 0.233. The van der Waals surface area contributed by atoms with Gasteiger partial charge in [0.2, 0.25) is 17.7 Å². The summed E-state index contributed by atoms with van der Waals surface area (Å²) >= 11 is 5.77. The number of rotatable bonds is 15. The van der Waals surface area contributed by atoms with Gasteiger partial charge in [0.25, 0.3) is 0 Å². The number of carbonyl (C=O) groups excluding carboxylic acids is 4. The van der Waals surface area contributed by atoms with Gasteiger partial charge in [-0.15, -0.1) is 11.6 Å². The number of anilines is 1. The molecule has 10 nitrogen and oxygen atoms in total. The van der Waals surface area contributed by atoms with Crippen LogP contribution < -0.4 is 32.7 Å². The first-order valence-electron chi connectivity index (χ1n) is 10.6. The lowest BCUT2D eigenvalue weighted by atomic mass is 10.1. The van der Waals surface area contributed by atoms with Crippen molar-refractivity contribution in [3.05, 3.63) is 29.8 Å². The number of unbranched alkanes of at least 4 members (excludes halogenated alkanes) is 2. The maximum atomic E-state index is 12.7. The lowest BCUT2D eigenvalue weighted by Gasteiger charge is -2.19. The third-order valence-corrected chi connectivity index (χ3v) is 4.86. The zero-order valence-electron chi connectivity index (χ0n) is 18.1. The number of primary amides is 1. The fourth-order valence-corrected chi connectivity index (χ4v) is 2.99. The number of amides is 5. The Morgan fingerprint density at radius 1 is 0.938 bits per heavy atom. The minimum Gasteiger partial charge on any atom is -0.352 e. The molecule has 11 heteroatoms. The van der Waals surface area contributed by atoms with E-state index < -0.39 is 23.9 Å². The lowest BCUT2D eigenvalue weighted by Crippen LogP contribution is -2.47. The molecular formula is C21H33ClN6O4. The molecule has 1 aromatic carbocycles. The number of nitrogens with one attached hydrogen (secondary N) is 4. The first-order chi connectivity index (χ1) is 15.3. The Morgan fingerprint density at radius 2 is 1.66 bits per heavy atom. The Labute approximate surface area is 193 Å². The summed E-state index contributed by atoms with van der Waals surface area (Å²) in [4.78, 5) is 47.7. The molecule has 0 aliphatic rings. The van der Waals surface area contributed by atoms with Crippen LogP contribution in [0, 0.1) is 0 Å². The Hall–Kier alpha value is -2.85. The van der Waals surface area contributed by atoms with Crippen LogP contribution in [0.4, 0.5) is 10.5 Å². The lowest BCUT2D eigenvalue weighted by molar-refractivity contribution is -0.128. The molecule has 0 saturated heterocycles. The van der Waals surface area contributed by atoms with Gasteiger partial charge in [0.15, 0.2) is 0 Å². The van der Waals surface area contributed by atoms with Crippen molar-refractivity contribution >= 4 is 41.0 Å². The van der Waals surface area contributed by atoms with Crippen LogP contribution in [0.5, 0.6) is 0 Å². The maximum absolute atomic E-state index is 12.7. The maximum Gasteiger partial charge on any atom is 0.312 e. The van der Waals surface area contributed by atoms with E-state index in [2.05, 4.69) is 21.3 Å². The van der Waals surface area contributed by atoms with E-state index in [0.29, 0.717) is 37.4 Å². The van der Waals surface area contributed by atoms with Gasteiger partial charge in [0.05, 0.1) is 6.54 Å². The highest BCUT2D eigenvalue weighted by molar-refractivity contribution is 6.17. The van der Waals surface area contributed by atoms with E-state index in [-0.39, 0.29) is 25.4 Å². The van der Waals surface area contributed by atoms with E-state index in [9.17, 15) is 19.2 Å². The highest BCUT2D eigenvalue weighted by Crippen LogP contribution is 2.12. The van der Waals surface area contributed by atoms with Crippen LogP contribution in [-0.4, -0.2) is 49.4 Å². The number of alkyl halides is 1. The number of benzene rings is 1. The molecule has 0 radical (unpaired) electrons. The molecule has 0 aliphatic heterocycles. The third kappa shape index (κ3) is 12.1. The number of urea groups is 1. The Kier molecular flexibility index (Phi) is 13.5. The molecule has 0 unspecified atom stereocenters. The standard InChI is InChI=1S/C21H33ClN6O4/c22-13-15-7-9-16(10-8-15)27-20(31)17(5-4-12-25-21(24)32)28-19(30)14-26-18(29)6-2-1-3-11-23/h7-10,17H,1-6,11-14,23H2,(H,26,29)(H,27,31)(H,28,30)(H3,24,25,32)/t17-/m0/s1. The first kappa shape index (κ1) is 27.2. The quantitative estimate of drug-likeness (QED) is 0.166. The van der Waals surface area contributed by atoms with E-state index >= 15 is 0 Å². The van der Waals surface area contributed by atoms with E-state index in [0.717, 1.165) is 18.4 Å². The molecule has 0 fully saturated rings. The van der Waals surface area contributed by atoms with Gasteiger partial charge in [-0.25, -0.2) is 4.79 Å². The second-order valence-corrected chi connectivity index (χ2v) is 7.52. The predicted molar refractivity (Wildman–Crippen MR) is 124 cm³/mol. The number of carbonyl (C=O) groups is 4. The van der Waals surface area contributed by atoms with Gasteiger partial charge >= 0.3 is 6.03 Å². The van der Waals surface area contributed by atoms with Gasteiger partial charge < -0.3 is 32.7 Å². The molecule has 178 valence electrons. The van der Waals surface area contributed by atoms with E-state index in [1.165, 1.54) is 0 Å². The third-order valence-electron chi connectivity index (χ3n) is 4.55. The van der Waals surface area contributed by atoms with Gasteiger partial charge in [0, 0.05) is 24.5 Å². The average Bonchev–Trinajstić information content (AvgIpc) is 2.77. The van der Waals surface area contributed by atoms with Gasteiger partial charge in [-0.05, 0) is 49.9 Å². The van der Waals surface area contributed by atoms with Crippen molar-refractivity contribution in [1.29, 1.82) is 0 Å². The normalized spacial score (nSPS) is 11.3. The molecule has 0 aromatic heterocycles. The second-order valence-electron chi connectivity index (χ2n) is 7.25. The van der Waals surface area contributed by atoms with E-state index in [4.69, 9.17) is 23.1 Å². The van der Waals surface area contributed by atoms with Crippen LogP contribution in [0.25, 0.3) is 0 Å². The van der Waals surface area contributed by atoms with Crippen LogP contribution in [-0.2, 0) is 20.3 Å². The zero-order chi connectivity index (χ0) is 23.8. The fraction of sp³-hybridized carbons (Fsp3) is 0.524. The summed E-state index contributed by atoms with van der Waals surface area (Å²) in [6, 6.07) is 5.49. The molecule has 0 aliphatic carbocycles. The van der Waals surface area contributed by atoms with Crippen molar-refractivity contribution in [3.8, 4) is 0 Å². The number of hydrogen-bond acceptors (Lipinski definition) is 5. The average molecular weight is 469 g/mol. The van der Waals surface area contributed by atoms with Crippen LogP contribution in [0.15, 0.2) is 24.3 Å². The molecule has 0 spiro atoms. The van der Waals surface area contributed by atoms with Crippen molar-refractivity contribution in [1.82, 2.24) is 16.0 Å². The van der Waals surface area contributed by atoms with Crippen LogP contribution in [0.3, 0.4) is 0 Å². The summed E-state index contributed by atoms with van der Waals surface area (Å²) in [5.74, 6) is -0.772. The van der Waals surface area contributed by atoms with Crippen LogP contribution >= 0.6 is 11.6 Å². The molecule has 0 saturated carbocycles. The molecule has 8 N–H and O–H groups in total. The molecule has 32 heavy (non-hydrogen) atoms. The van der Waals surface area contributed by atoms with Crippen LogP contribution in [0.2, 0.25) is 0 Å². The number of hydrogen-bond donors (Lipinski definition) is 6. The smallest absolute Gasteiger partial charge is 0.312 e. The molecule has 5 amide bonds. The van der Waals surface area contributed by atoms with Crippen molar-refractivity contribution in [3.63, 3.8) is 0 Å². The number of halogens is 1. The molecule has 1 rings (SSSR count). The van der Waals surface area contributed by atoms with Crippen molar-refractivity contribution in [2.24, 2.45) is 11.5 Å². The first-order valence-corrected chi connectivity index (χ1v) is 11.1. The molecular weight excluding hydrogens is 436 g/mol. The highest BCUT2D eigenvalue weighted by Gasteiger charge is 2.21. The SMILES string of the molecule is NCCCCCC(=O)NCC(=O)N[C@@H](CCCNC(N)=O)C(=O)Nc1ccc(CCl)cc1. The van der Waals surface area contributed by atoms with Crippen molar-refractivity contribution < 1.29 is 19.2 Å². The summed E-state index contributed by atoms with van der Waals surface area (Å²) < 4.78 is 0. The predicted octanol–water partition coefficient (Wildman–Crippen LogP) is 0.933. The summed E-state index contributed by atoms with van der Waals surface area (Å²) in [5.41, 5.74) is 11.9. The van der Waals surface area contributed by atoms with Gasteiger partial charge in [-0.1, -0.05) is 18.6 Å². The summed E-state index contributed by atoms with van der Waals surface area (Å²) in [6.45, 7) is 0.613. The monoisotopic (exact) mass is 468 g/mol. The minimum atomic E-state index is -0.855. The highest BCUT2D eigenvalue weighted by atomic mass is 35.5. The van der Waals surface area contributed by atoms with Crippen molar-refractivity contribution in [2.75, 3.05) is 25.0 Å². The fourth-order valence-electron chi connectivity index (χ4n) is 2.81. The summed E-state index contributed by atoms with van der Waals surface area (Å²) in [5, 5.41) is 10.4. The largest absolute Gasteiger partial charge is 0.352 e. The number of nitrogens with two attached hydrogens (primary N) is 2. The summed E-state index contributed by atoms with van der Waals surface area (Å²) in [6.07, 6.45) is 3.40. The Morgan fingerprint density at radius 3 is 2.28 bits per heavy atom. The molecule has 1 atom stereocenters. The van der Waals surface area contributed by atoms with Gasteiger partial charge in [-0.3, -0.25) is 14.4 Å². The van der Waals surface area contributed by atoms with Crippen LogP contribution in [0.1, 0.15) is 44.1 Å². The molecule has 0 heterocycles. The Bertz CT molecular complexity index is 744. The topological polar surface area (TPSA) is 168 Å². The van der Waals surface area contributed by atoms with E-state index in [1.807, 2.05) is 0 Å². The summed E-state index contributed by atoms with van der Waals surface area (Å²) in [7, 11) is 0. The van der Waals surface area contributed by atoms with Crippen molar-refractivity contribution in [2.45, 2.75) is 50.4 Å². The zero-order valence-corrected chi connectivity index (χ0v) is 18.9. The van der Waals surface area contributed by atoms with Gasteiger partial charge in [0.1, 0.15) is 6.04 Å². The Balaban J connectivity index is 2.58. The van der Waals surface area contributed by atoms with Gasteiger partial charge in [-0.2, -0.15) is 0 Å². The molecule has 0 bridgehead atoms. The second kappa shape index (κ2) is 15.9. The molecule has 1 aromatic rings.